The van der Waals surface area contributed by atoms with Crippen molar-refractivity contribution >= 4 is 86.2 Å². The standard InChI is InChI=1S/C54H32/c1-2-12-33(13-3-1)38-28-29-39-31-47-48(32-40(39)30-38)52(44-23-9-17-35-15-5-7-21-42(35)44)54-46-25-11-19-37-27-26-36-18-10-24-45(49(36)50(37)46)53(54)51(47)43-22-8-16-34-14-4-6-20-41(34)43/h1-32H. The molecule has 0 atom stereocenters. The van der Waals surface area contributed by atoms with E-state index in [-0.39, 0.29) is 0 Å². The highest BCUT2D eigenvalue weighted by Gasteiger charge is 2.25. The van der Waals surface area contributed by atoms with Gasteiger partial charge >= 0.3 is 0 Å². The van der Waals surface area contributed by atoms with Gasteiger partial charge in [0, 0.05) is 0 Å². The van der Waals surface area contributed by atoms with Gasteiger partial charge in [-0.15, -0.1) is 0 Å². The molecule has 0 aliphatic heterocycles. The van der Waals surface area contributed by atoms with Crippen molar-refractivity contribution in [2.75, 3.05) is 0 Å². The fourth-order valence-electron chi connectivity index (χ4n) is 9.60. The Kier molecular flexibility index (Phi) is 6.15. The lowest BCUT2D eigenvalue weighted by Crippen LogP contribution is -1.96. The summed E-state index contributed by atoms with van der Waals surface area (Å²) in [5.74, 6) is 0. The average molecular weight is 681 g/mol. The predicted octanol–water partition coefficient (Wildman–Crippen LogP) is 15.4. The minimum atomic E-state index is 1.23. The minimum absolute atomic E-state index is 1.23. The average Bonchev–Trinajstić information content (AvgIpc) is 3.24. The molecule has 12 rings (SSSR count). The fraction of sp³-hybridized carbons (Fsp3) is 0. The lowest BCUT2D eigenvalue weighted by molar-refractivity contribution is 1.65. The van der Waals surface area contributed by atoms with E-state index >= 15 is 0 Å². The quantitative estimate of drug-likeness (QED) is 0.129. The van der Waals surface area contributed by atoms with Crippen LogP contribution in [-0.2, 0) is 0 Å². The van der Waals surface area contributed by atoms with Gasteiger partial charge < -0.3 is 0 Å². The molecule has 0 aliphatic rings. The van der Waals surface area contributed by atoms with Gasteiger partial charge in [0.25, 0.3) is 0 Å². The zero-order chi connectivity index (χ0) is 35.3. The Labute approximate surface area is 312 Å². The van der Waals surface area contributed by atoms with Crippen molar-refractivity contribution < 1.29 is 0 Å². The molecule has 0 aromatic heterocycles. The van der Waals surface area contributed by atoms with Crippen molar-refractivity contribution in [2.45, 2.75) is 0 Å². The van der Waals surface area contributed by atoms with Crippen molar-refractivity contribution in [3.05, 3.63) is 194 Å². The van der Waals surface area contributed by atoms with Crippen LogP contribution in [-0.4, -0.2) is 0 Å². The monoisotopic (exact) mass is 680 g/mol. The van der Waals surface area contributed by atoms with Gasteiger partial charge in [0.2, 0.25) is 0 Å². The molecule has 0 amide bonds. The Morgan fingerprint density at radius 2 is 0.648 bits per heavy atom. The Bertz CT molecular complexity index is 3470. The summed E-state index contributed by atoms with van der Waals surface area (Å²) in [4.78, 5) is 0. The zero-order valence-corrected chi connectivity index (χ0v) is 29.5. The maximum absolute atomic E-state index is 2.49. The van der Waals surface area contributed by atoms with E-state index in [1.54, 1.807) is 0 Å². The molecule has 0 heteroatoms. The van der Waals surface area contributed by atoms with E-state index in [1.165, 1.54) is 120 Å². The number of hydrogen-bond donors (Lipinski definition) is 0. The number of rotatable bonds is 3. The molecule has 0 fully saturated rings. The van der Waals surface area contributed by atoms with Gasteiger partial charge in [-0.25, -0.2) is 0 Å². The first-order chi connectivity index (χ1) is 26.8. The molecule has 0 spiro atoms. The first-order valence-corrected chi connectivity index (χ1v) is 18.8. The van der Waals surface area contributed by atoms with E-state index in [9.17, 15) is 0 Å². The van der Waals surface area contributed by atoms with Crippen LogP contribution in [0.2, 0.25) is 0 Å². The van der Waals surface area contributed by atoms with Crippen molar-refractivity contribution in [1.82, 2.24) is 0 Å². The summed E-state index contributed by atoms with van der Waals surface area (Å²) in [7, 11) is 0. The Morgan fingerprint density at radius 1 is 0.204 bits per heavy atom. The maximum atomic E-state index is 2.49. The second-order valence-electron chi connectivity index (χ2n) is 14.8. The van der Waals surface area contributed by atoms with Crippen molar-refractivity contribution in [3.63, 3.8) is 0 Å². The van der Waals surface area contributed by atoms with Crippen LogP contribution in [0, 0.1) is 0 Å². The predicted molar refractivity (Wildman–Crippen MR) is 234 cm³/mol. The fourth-order valence-corrected chi connectivity index (χ4v) is 9.60. The van der Waals surface area contributed by atoms with E-state index in [0.29, 0.717) is 0 Å². The van der Waals surface area contributed by atoms with Crippen LogP contribution >= 0.6 is 0 Å². The van der Waals surface area contributed by atoms with Crippen LogP contribution in [0.1, 0.15) is 0 Å². The highest BCUT2D eigenvalue weighted by molar-refractivity contribution is 6.42. The second kappa shape index (κ2) is 11.2. The molecular formula is C54H32. The normalized spacial score (nSPS) is 12.1. The van der Waals surface area contributed by atoms with Gasteiger partial charge in [0.05, 0.1) is 0 Å². The summed E-state index contributed by atoms with van der Waals surface area (Å²) < 4.78 is 0. The molecule has 0 unspecified atom stereocenters. The van der Waals surface area contributed by atoms with E-state index in [2.05, 4.69) is 194 Å². The molecular weight excluding hydrogens is 649 g/mol. The largest absolute Gasteiger partial charge is 0.0622 e. The molecule has 0 saturated carbocycles. The van der Waals surface area contributed by atoms with Gasteiger partial charge in [-0.05, 0) is 138 Å². The molecule has 0 radical (unpaired) electrons. The van der Waals surface area contributed by atoms with Crippen LogP contribution in [0.5, 0.6) is 0 Å². The Morgan fingerprint density at radius 3 is 1.24 bits per heavy atom. The Balaban J connectivity index is 1.40. The van der Waals surface area contributed by atoms with Gasteiger partial charge in [0.1, 0.15) is 0 Å². The minimum Gasteiger partial charge on any atom is -0.0622 e. The molecule has 0 saturated heterocycles. The third-order valence-corrected chi connectivity index (χ3v) is 11.9. The smallest absolute Gasteiger partial charge is 0.000718 e. The number of hydrogen-bond acceptors (Lipinski definition) is 0. The SMILES string of the molecule is c1ccc(-c2ccc3cc4c(-c5cccc6ccccc56)c5c6cccc7ccc8cccc(c5c(-c5cccc9ccccc59)c4cc3c2)c8c76)cc1. The summed E-state index contributed by atoms with van der Waals surface area (Å²) in [5, 5.41) is 20.5. The summed E-state index contributed by atoms with van der Waals surface area (Å²) in [5.41, 5.74) is 7.59. The van der Waals surface area contributed by atoms with Crippen LogP contribution in [0.25, 0.3) is 120 Å². The molecule has 0 nitrogen and oxygen atoms in total. The van der Waals surface area contributed by atoms with E-state index in [1.807, 2.05) is 0 Å². The molecule has 0 aliphatic carbocycles. The summed E-state index contributed by atoms with van der Waals surface area (Å²) >= 11 is 0. The van der Waals surface area contributed by atoms with Crippen molar-refractivity contribution in [3.8, 4) is 33.4 Å². The maximum Gasteiger partial charge on any atom is -0.000718 e. The van der Waals surface area contributed by atoms with Crippen LogP contribution < -0.4 is 0 Å². The second-order valence-corrected chi connectivity index (χ2v) is 14.8. The molecule has 0 heterocycles. The zero-order valence-electron chi connectivity index (χ0n) is 29.5. The number of fused-ring (bicyclic) bond motifs is 7. The lowest BCUT2D eigenvalue weighted by Gasteiger charge is -2.24. The van der Waals surface area contributed by atoms with Gasteiger partial charge in [-0.1, -0.05) is 176 Å². The summed E-state index contributed by atoms with van der Waals surface area (Å²) in [6.45, 7) is 0. The Hall–Kier alpha value is -7.02. The summed E-state index contributed by atoms with van der Waals surface area (Å²) in [6, 6.07) is 72.5. The first-order valence-electron chi connectivity index (χ1n) is 18.8. The molecule has 12 aromatic rings. The molecule has 0 N–H and O–H groups in total. The third kappa shape index (κ3) is 4.14. The first kappa shape index (κ1) is 29.5. The van der Waals surface area contributed by atoms with Crippen molar-refractivity contribution in [2.24, 2.45) is 0 Å². The molecule has 248 valence electrons. The highest BCUT2D eigenvalue weighted by Crippen LogP contribution is 2.53. The van der Waals surface area contributed by atoms with Gasteiger partial charge in [-0.3, -0.25) is 0 Å². The topological polar surface area (TPSA) is 0 Å². The van der Waals surface area contributed by atoms with Crippen LogP contribution in [0.15, 0.2) is 194 Å². The highest BCUT2D eigenvalue weighted by atomic mass is 14.3. The number of benzene rings is 12. The van der Waals surface area contributed by atoms with E-state index in [0.717, 1.165) is 0 Å². The molecule has 54 heavy (non-hydrogen) atoms. The molecule has 12 aromatic carbocycles. The van der Waals surface area contributed by atoms with E-state index in [4.69, 9.17) is 0 Å². The summed E-state index contributed by atoms with van der Waals surface area (Å²) in [6.07, 6.45) is 0. The molecule has 0 bridgehead atoms. The van der Waals surface area contributed by atoms with Crippen molar-refractivity contribution in [1.29, 1.82) is 0 Å². The van der Waals surface area contributed by atoms with Gasteiger partial charge in [0.15, 0.2) is 0 Å². The third-order valence-electron chi connectivity index (χ3n) is 11.9. The van der Waals surface area contributed by atoms with Crippen LogP contribution in [0.3, 0.4) is 0 Å². The lowest BCUT2D eigenvalue weighted by atomic mass is 9.78. The van der Waals surface area contributed by atoms with Gasteiger partial charge in [-0.2, -0.15) is 0 Å². The van der Waals surface area contributed by atoms with Crippen LogP contribution in [0.4, 0.5) is 0 Å². The van der Waals surface area contributed by atoms with E-state index < -0.39 is 0 Å².